The van der Waals surface area contributed by atoms with Crippen LogP contribution in [0.2, 0.25) is 0 Å². The van der Waals surface area contributed by atoms with Crippen molar-refractivity contribution < 1.29 is 18.3 Å². The lowest BCUT2D eigenvalue weighted by Crippen LogP contribution is -2.31. The molecular formula is C23H23N7O4S. The summed E-state index contributed by atoms with van der Waals surface area (Å²) in [5.74, 6) is -0.419. The molecule has 0 saturated heterocycles. The first-order valence-corrected chi connectivity index (χ1v) is 12.1. The van der Waals surface area contributed by atoms with Gasteiger partial charge in [-0.25, -0.2) is 13.4 Å². The molecule has 1 aromatic carbocycles. The number of allylic oxidation sites excluding steroid dienone is 1. The van der Waals surface area contributed by atoms with Crippen LogP contribution in [-0.4, -0.2) is 56.8 Å². The van der Waals surface area contributed by atoms with Crippen molar-refractivity contribution in [2.24, 2.45) is 4.99 Å². The van der Waals surface area contributed by atoms with Gasteiger partial charge in [0, 0.05) is 30.6 Å². The van der Waals surface area contributed by atoms with Gasteiger partial charge in [0.2, 0.25) is 16.0 Å². The Bertz CT molecular complexity index is 1500. The SMILES string of the molecule is COc1cccc(O)c1-n1c(NS(=O)(=O)[C@@H](C)[C@H](C)c2cnc(C)cn2)nnc1C1=C=C=CC=N1. The van der Waals surface area contributed by atoms with E-state index in [0.717, 1.165) is 5.69 Å². The number of ether oxygens (including phenoxy) is 1. The summed E-state index contributed by atoms with van der Waals surface area (Å²) >= 11 is 0. The second-order valence-electron chi connectivity index (χ2n) is 7.80. The molecule has 2 atom stereocenters. The van der Waals surface area contributed by atoms with E-state index in [1.165, 1.54) is 24.0 Å². The quantitative estimate of drug-likeness (QED) is 0.456. The molecule has 0 fully saturated rings. The van der Waals surface area contributed by atoms with Crippen LogP contribution in [0.25, 0.3) is 11.4 Å². The molecule has 2 aromatic heterocycles. The monoisotopic (exact) mass is 493 g/mol. The lowest BCUT2D eigenvalue weighted by molar-refractivity contribution is 0.404. The number of phenolic OH excluding ortho intramolecular Hbond substituents is 1. The van der Waals surface area contributed by atoms with Crippen LogP contribution in [0.4, 0.5) is 5.95 Å². The number of aliphatic imine (C=N–C) groups is 1. The first kappa shape index (κ1) is 23.9. The summed E-state index contributed by atoms with van der Waals surface area (Å²) in [6, 6.07) is 4.65. The van der Waals surface area contributed by atoms with Gasteiger partial charge in [0.15, 0.2) is 11.5 Å². The van der Waals surface area contributed by atoms with Crippen molar-refractivity contribution in [1.82, 2.24) is 24.7 Å². The molecule has 2 N–H and O–H groups in total. The second kappa shape index (κ2) is 9.55. The number of phenols is 1. The van der Waals surface area contributed by atoms with E-state index in [-0.39, 0.29) is 34.7 Å². The van der Waals surface area contributed by atoms with Crippen molar-refractivity contribution in [3.05, 3.63) is 65.3 Å². The number of aromatic nitrogens is 5. The molecule has 180 valence electrons. The zero-order valence-electron chi connectivity index (χ0n) is 19.5. The molecule has 12 heteroatoms. The predicted octanol–water partition coefficient (Wildman–Crippen LogP) is 2.75. The Kier molecular flexibility index (Phi) is 6.52. The molecular weight excluding hydrogens is 470 g/mol. The molecule has 0 spiro atoms. The average molecular weight is 494 g/mol. The number of nitrogens with one attached hydrogen (secondary N) is 1. The Balaban J connectivity index is 1.80. The third kappa shape index (κ3) is 4.71. The van der Waals surface area contributed by atoms with Crippen molar-refractivity contribution in [2.75, 3.05) is 11.8 Å². The molecule has 0 bridgehead atoms. The highest BCUT2D eigenvalue weighted by molar-refractivity contribution is 7.93. The van der Waals surface area contributed by atoms with Gasteiger partial charge in [-0.1, -0.05) is 18.7 Å². The molecule has 0 unspecified atom stereocenters. The van der Waals surface area contributed by atoms with Crippen molar-refractivity contribution in [3.8, 4) is 17.2 Å². The van der Waals surface area contributed by atoms with Crippen molar-refractivity contribution in [3.63, 3.8) is 0 Å². The lowest BCUT2D eigenvalue weighted by atomic mass is 10.1. The number of nitrogens with zero attached hydrogens (tertiary/aromatic N) is 6. The zero-order valence-corrected chi connectivity index (χ0v) is 20.3. The van der Waals surface area contributed by atoms with E-state index in [9.17, 15) is 13.5 Å². The summed E-state index contributed by atoms with van der Waals surface area (Å²) in [5.41, 5.74) is 7.25. The van der Waals surface area contributed by atoms with Gasteiger partial charge in [-0.05, 0) is 31.7 Å². The minimum Gasteiger partial charge on any atom is -0.506 e. The van der Waals surface area contributed by atoms with Crippen LogP contribution in [0.15, 0.2) is 53.1 Å². The van der Waals surface area contributed by atoms with Gasteiger partial charge in [0.1, 0.15) is 17.2 Å². The fourth-order valence-electron chi connectivity index (χ4n) is 3.39. The molecule has 0 saturated carbocycles. The van der Waals surface area contributed by atoms with Crippen molar-refractivity contribution >= 4 is 27.9 Å². The summed E-state index contributed by atoms with van der Waals surface area (Å²) in [7, 11) is -2.57. The van der Waals surface area contributed by atoms with E-state index in [1.807, 2.05) is 0 Å². The van der Waals surface area contributed by atoms with Crippen LogP contribution in [-0.2, 0) is 10.0 Å². The first-order chi connectivity index (χ1) is 16.7. The second-order valence-corrected chi connectivity index (χ2v) is 9.83. The van der Waals surface area contributed by atoms with E-state index in [1.54, 1.807) is 51.4 Å². The number of rotatable bonds is 8. The molecule has 0 amide bonds. The average Bonchev–Trinajstić information content (AvgIpc) is 3.26. The largest absolute Gasteiger partial charge is 0.506 e. The molecule has 35 heavy (non-hydrogen) atoms. The third-order valence-electron chi connectivity index (χ3n) is 5.54. The van der Waals surface area contributed by atoms with E-state index in [0.29, 0.717) is 5.69 Å². The highest BCUT2D eigenvalue weighted by Gasteiger charge is 2.32. The molecule has 0 radical (unpaired) electrons. The van der Waals surface area contributed by atoms with Crippen LogP contribution in [0.1, 0.15) is 37.0 Å². The number of hydrogen-bond donors (Lipinski definition) is 2. The van der Waals surface area contributed by atoms with E-state index >= 15 is 0 Å². The highest BCUT2D eigenvalue weighted by Crippen LogP contribution is 2.36. The standard InChI is InChI=1S/C23H23N7O4S/c1-14-12-26-18(13-25-14)15(2)16(3)35(32,33)29-23-28-27-22(17-8-5-6-11-24-17)30(23)21-19(31)9-7-10-20(21)34-4/h6-7,9-13,15-16,31H,1-4H3,(H,28,29)/t15-,16-/m0/s1. The summed E-state index contributed by atoms with van der Waals surface area (Å²) in [6.45, 7) is 5.12. The fourth-order valence-corrected chi connectivity index (χ4v) is 4.64. The Hall–Kier alpha value is -4.24. The van der Waals surface area contributed by atoms with Gasteiger partial charge in [-0.3, -0.25) is 19.3 Å². The molecule has 3 aromatic rings. The van der Waals surface area contributed by atoms with Crippen molar-refractivity contribution in [2.45, 2.75) is 31.9 Å². The number of methoxy groups -OCH3 is 1. The van der Waals surface area contributed by atoms with Crippen LogP contribution < -0.4 is 9.46 Å². The number of sulfonamides is 1. The number of aromatic hydroxyl groups is 1. The normalized spacial score (nSPS) is 14.5. The molecule has 1 aliphatic rings. The zero-order chi connectivity index (χ0) is 25.2. The van der Waals surface area contributed by atoms with Crippen LogP contribution in [0.5, 0.6) is 11.5 Å². The number of aryl methyl sites for hydroxylation is 1. The Labute approximate surface area is 202 Å². The molecule has 0 aliphatic carbocycles. The van der Waals surface area contributed by atoms with Gasteiger partial charge >= 0.3 is 0 Å². The number of benzene rings is 1. The molecule has 4 rings (SSSR count). The van der Waals surface area contributed by atoms with Gasteiger partial charge in [-0.15, -0.1) is 10.2 Å². The first-order valence-electron chi connectivity index (χ1n) is 10.6. The van der Waals surface area contributed by atoms with Gasteiger partial charge in [0.25, 0.3) is 0 Å². The summed E-state index contributed by atoms with van der Waals surface area (Å²) in [4.78, 5) is 12.7. The van der Waals surface area contributed by atoms with Gasteiger partial charge < -0.3 is 9.84 Å². The maximum Gasteiger partial charge on any atom is 0.243 e. The third-order valence-corrected chi connectivity index (χ3v) is 7.40. The number of para-hydroxylation sites is 1. The highest BCUT2D eigenvalue weighted by atomic mass is 32.2. The Morgan fingerprint density at radius 1 is 1.17 bits per heavy atom. The smallest absolute Gasteiger partial charge is 0.243 e. The summed E-state index contributed by atoms with van der Waals surface area (Å²) < 4.78 is 36.0. The van der Waals surface area contributed by atoms with Gasteiger partial charge in [-0.2, -0.15) is 0 Å². The van der Waals surface area contributed by atoms with Gasteiger partial charge in [0.05, 0.1) is 23.7 Å². The molecule has 1 aliphatic heterocycles. The topological polar surface area (TPSA) is 144 Å². The molecule has 3 heterocycles. The number of hydrogen-bond acceptors (Lipinski definition) is 9. The van der Waals surface area contributed by atoms with E-state index in [4.69, 9.17) is 4.74 Å². The minimum atomic E-state index is -4.00. The molecule has 11 nitrogen and oxygen atoms in total. The maximum absolute atomic E-state index is 13.4. The van der Waals surface area contributed by atoms with Crippen LogP contribution in [0, 0.1) is 6.92 Å². The fraction of sp³-hybridized carbons (Fsp3) is 0.261. The van der Waals surface area contributed by atoms with E-state index in [2.05, 4.69) is 41.3 Å². The number of anilines is 1. The summed E-state index contributed by atoms with van der Waals surface area (Å²) in [6.07, 6.45) is 6.20. The van der Waals surface area contributed by atoms with E-state index < -0.39 is 21.2 Å². The lowest BCUT2D eigenvalue weighted by Gasteiger charge is -2.21. The minimum absolute atomic E-state index is 0.129. The maximum atomic E-state index is 13.4. The van der Waals surface area contributed by atoms with Crippen LogP contribution >= 0.6 is 0 Å². The Morgan fingerprint density at radius 2 is 1.97 bits per heavy atom. The summed E-state index contributed by atoms with van der Waals surface area (Å²) in [5, 5.41) is 17.9. The predicted molar refractivity (Wildman–Crippen MR) is 130 cm³/mol. The van der Waals surface area contributed by atoms with Crippen molar-refractivity contribution in [1.29, 1.82) is 0 Å². The Morgan fingerprint density at radius 3 is 2.63 bits per heavy atom. The van der Waals surface area contributed by atoms with Crippen LogP contribution in [0.3, 0.4) is 0 Å².